The van der Waals surface area contributed by atoms with Gasteiger partial charge in [-0.3, -0.25) is 4.79 Å². The first-order valence-corrected chi connectivity index (χ1v) is 12.3. The molecule has 0 fully saturated rings. The molecular formula is C27H33NO6S. The third kappa shape index (κ3) is 6.60. The van der Waals surface area contributed by atoms with Crippen LogP contribution in [0.1, 0.15) is 29.3 Å². The number of methoxy groups -OCH3 is 4. The average molecular weight is 500 g/mol. The molecule has 0 aliphatic rings. The monoisotopic (exact) mass is 499 g/mol. The van der Waals surface area contributed by atoms with Gasteiger partial charge in [0.2, 0.25) is 11.7 Å². The molecule has 3 rings (SSSR count). The predicted octanol–water partition coefficient (Wildman–Crippen LogP) is 5.34. The fourth-order valence-corrected chi connectivity index (χ4v) is 4.45. The van der Waals surface area contributed by atoms with Gasteiger partial charge in [0.05, 0.1) is 28.4 Å². The Morgan fingerprint density at radius 1 is 0.886 bits per heavy atom. The highest BCUT2D eigenvalue weighted by Gasteiger charge is 2.19. The first-order chi connectivity index (χ1) is 17.0. The summed E-state index contributed by atoms with van der Waals surface area (Å²) in [6.07, 6.45) is 0.872. The number of hydrogen-bond acceptors (Lipinski definition) is 7. The van der Waals surface area contributed by atoms with E-state index in [9.17, 15) is 4.79 Å². The second-order valence-electron chi connectivity index (χ2n) is 7.75. The Morgan fingerprint density at radius 3 is 2.26 bits per heavy atom. The quantitative estimate of drug-likeness (QED) is 0.316. The van der Waals surface area contributed by atoms with E-state index in [1.54, 1.807) is 39.8 Å². The Labute approximate surface area is 211 Å². The molecule has 0 saturated carbocycles. The molecule has 0 N–H and O–H groups in total. The van der Waals surface area contributed by atoms with Crippen LogP contribution in [0.25, 0.3) is 0 Å². The minimum atomic E-state index is 0.0568. The van der Waals surface area contributed by atoms with E-state index in [4.69, 9.17) is 23.7 Å². The second-order valence-corrected chi connectivity index (χ2v) is 8.79. The summed E-state index contributed by atoms with van der Waals surface area (Å²) in [6, 6.07) is 13.6. The van der Waals surface area contributed by atoms with E-state index >= 15 is 0 Å². The number of amides is 1. The van der Waals surface area contributed by atoms with Crippen LogP contribution in [0.4, 0.5) is 0 Å². The molecule has 0 bridgehead atoms. The van der Waals surface area contributed by atoms with Gasteiger partial charge < -0.3 is 28.6 Å². The third-order valence-electron chi connectivity index (χ3n) is 5.68. The van der Waals surface area contributed by atoms with Gasteiger partial charge >= 0.3 is 0 Å². The molecule has 0 aliphatic heterocycles. The number of carbonyl (C=O) groups is 1. The summed E-state index contributed by atoms with van der Waals surface area (Å²) in [5, 5.41) is 2.02. The molecule has 0 unspecified atom stereocenters. The van der Waals surface area contributed by atoms with Crippen molar-refractivity contribution >= 4 is 17.2 Å². The number of hydrogen-bond donors (Lipinski definition) is 0. The van der Waals surface area contributed by atoms with Crippen molar-refractivity contribution in [2.45, 2.75) is 32.9 Å². The molecule has 0 radical (unpaired) electrons. The van der Waals surface area contributed by atoms with Crippen LogP contribution in [0.3, 0.4) is 0 Å². The Hall–Kier alpha value is -3.39. The molecule has 7 nitrogen and oxygen atoms in total. The molecule has 0 saturated heterocycles. The average Bonchev–Trinajstić information content (AvgIpc) is 3.42. The molecule has 0 spiro atoms. The summed E-state index contributed by atoms with van der Waals surface area (Å²) in [5.74, 6) is 3.09. The van der Waals surface area contributed by atoms with Crippen molar-refractivity contribution in [2.75, 3.05) is 35.0 Å². The van der Waals surface area contributed by atoms with Crippen LogP contribution in [-0.2, 0) is 24.4 Å². The zero-order valence-electron chi connectivity index (χ0n) is 21.0. The molecular weight excluding hydrogens is 466 g/mol. The summed E-state index contributed by atoms with van der Waals surface area (Å²) in [5.41, 5.74) is 1.87. The highest BCUT2D eigenvalue weighted by atomic mass is 32.1. The smallest absolute Gasteiger partial charge is 0.223 e. The Morgan fingerprint density at radius 2 is 1.63 bits per heavy atom. The van der Waals surface area contributed by atoms with Gasteiger partial charge in [0.25, 0.3) is 0 Å². The number of rotatable bonds is 13. The van der Waals surface area contributed by atoms with E-state index in [0.29, 0.717) is 61.3 Å². The lowest BCUT2D eigenvalue weighted by Gasteiger charge is -2.22. The molecule has 3 aromatic rings. The number of benzene rings is 2. The van der Waals surface area contributed by atoms with E-state index < -0.39 is 0 Å². The van der Waals surface area contributed by atoms with Crippen LogP contribution in [0, 0.1) is 0 Å². The first kappa shape index (κ1) is 26.2. The fourth-order valence-electron chi connectivity index (χ4n) is 3.83. The van der Waals surface area contributed by atoms with Gasteiger partial charge in [-0.15, -0.1) is 11.3 Å². The van der Waals surface area contributed by atoms with E-state index in [0.717, 1.165) is 16.0 Å². The molecule has 1 amide bonds. The topological polar surface area (TPSA) is 66.5 Å². The zero-order valence-corrected chi connectivity index (χ0v) is 21.8. The van der Waals surface area contributed by atoms with E-state index in [1.807, 2.05) is 59.7 Å². The van der Waals surface area contributed by atoms with E-state index in [-0.39, 0.29) is 5.91 Å². The lowest BCUT2D eigenvalue weighted by Crippen LogP contribution is -2.30. The maximum atomic E-state index is 13.1. The van der Waals surface area contributed by atoms with Crippen LogP contribution in [0.2, 0.25) is 0 Å². The van der Waals surface area contributed by atoms with Crippen molar-refractivity contribution in [3.05, 3.63) is 63.8 Å². The lowest BCUT2D eigenvalue weighted by atomic mass is 10.1. The minimum absolute atomic E-state index is 0.0568. The van der Waals surface area contributed by atoms with Crippen LogP contribution in [0.5, 0.6) is 28.7 Å². The van der Waals surface area contributed by atoms with E-state index in [2.05, 4.69) is 0 Å². The van der Waals surface area contributed by atoms with Crippen molar-refractivity contribution in [3.8, 4) is 28.7 Å². The Bertz CT molecular complexity index is 1100. The molecule has 0 atom stereocenters. The maximum absolute atomic E-state index is 13.1. The van der Waals surface area contributed by atoms with Crippen LogP contribution in [-0.4, -0.2) is 45.8 Å². The van der Waals surface area contributed by atoms with E-state index in [1.165, 1.54) is 0 Å². The number of ether oxygens (including phenoxy) is 5. The molecule has 0 aliphatic carbocycles. The summed E-state index contributed by atoms with van der Waals surface area (Å²) in [4.78, 5) is 16.0. The van der Waals surface area contributed by atoms with Gasteiger partial charge in [-0.25, -0.2) is 0 Å². The van der Waals surface area contributed by atoms with Gasteiger partial charge in [0, 0.05) is 24.4 Å². The summed E-state index contributed by atoms with van der Waals surface area (Å²) >= 11 is 1.65. The SMILES string of the molecule is CCN(Cc1ccc(OCc2cccs2)c(OC)c1)C(=O)CCc1ccc(OC)c(OC)c1OC. The zero-order chi connectivity index (χ0) is 25.2. The Kier molecular flexibility index (Phi) is 9.66. The van der Waals surface area contributed by atoms with Crippen molar-refractivity contribution < 1.29 is 28.5 Å². The highest BCUT2D eigenvalue weighted by molar-refractivity contribution is 7.09. The third-order valence-corrected chi connectivity index (χ3v) is 6.53. The van der Waals surface area contributed by atoms with Gasteiger partial charge in [-0.05, 0) is 54.1 Å². The first-order valence-electron chi connectivity index (χ1n) is 11.4. The van der Waals surface area contributed by atoms with Crippen LogP contribution >= 0.6 is 11.3 Å². The number of carbonyl (C=O) groups excluding carboxylic acids is 1. The van der Waals surface area contributed by atoms with Crippen molar-refractivity contribution in [1.29, 1.82) is 0 Å². The molecule has 2 aromatic carbocycles. The van der Waals surface area contributed by atoms with Gasteiger partial charge in [-0.2, -0.15) is 0 Å². The van der Waals surface area contributed by atoms with Crippen molar-refractivity contribution in [3.63, 3.8) is 0 Å². The summed E-state index contributed by atoms with van der Waals surface area (Å²) in [7, 11) is 6.36. The highest BCUT2D eigenvalue weighted by Crippen LogP contribution is 2.40. The number of aryl methyl sites for hydroxylation is 1. The molecule has 35 heavy (non-hydrogen) atoms. The van der Waals surface area contributed by atoms with Gasteiger partial charge in [-0.1, -0.05) is 18.2 Å². The summed E-state index contributed by atoms with van der Waals surface area (Å²) < 4.78 is 27.8. The molecule has 1 heterocycles. The standard InChI is InChI=1S/C27H33NO6S/c1-6-28(25(29)14-11-20-10-13-23(30-2)27(33-5)26(20)32-4)17-19-9-12-22(24(16-19)31-3)34-18-21-8-7-15-35-21/h7-10,12-13,15-16H,6,11,14,17-18H2,1-5H3. The van der Waals surface area contributed by atoms with Crippen molar-refractivity contribution in [2.24, 2.45) is 0 Å². The van der Waals surface area contributed by atoms with Gasteiger partial charge in [0.1, 0.15) is 6.61 Å². The van der Waals surface area contributed by atoms with Crippen molar-refractivity contribution in [1.82, 2.24) is 4.90 Å². The van der Waals surface area contributed by atoms with Gasteiger partial charge in [0.15, 0.2) is 23.0 Å². The number of nitrogens with zero attached hydrogens (tertiary/aromatic N) is 1. The fraction of sp³-hybridized carbons (Fsp3) is 0.370. The summed E-state index contributed by atoms with van der Waals surface area (Å²) in [6.45, 7) is 3.55. The van der Waals surface area contributed by atoms with Crippen LogP contribution < -0.4 is 23.7 Å². The largest absolute Gasteiger partial charge is 0.493 e. The molecule has 1 aromatic heterocycles. The molecule has 8 heteroatoms. The Balaban J connectivity index is 1.65. The minimum Gasteiger partial charge on any atom is -0.493 e. The van der Waals surface area contributed by atoms with Crippen LogP contribution in [0.15, 0.2) is 47.8 Å². The molecule has 188 valence electrons. The second kappa shape index (κ2) is 12.9. The predicted molar refractivity (Wildman–Crippen MR) is 137 cm³/mol. The number of thiophene rings is 1. The lowest BCUT2D eigenvalue weighted by molar-refractivity contribution is -0.131. The normalized spacial score (nSPS) is 10.5. The maximum Gasteiger partial charge on any atom is 0.223 e.